The lowest BCUT2D eigenvalue weighted by Gasteiger charge is -2.11. The van der Waals surface area contributed by atoms with Gasteiger partial charge < -0.3 is 4.90 Å². The molecule has 1 heterocycles. The van der Waals surface area contributed by atoms with E-state index in [9.17, 15) is 8.42 Å². The molecular formula is C9H12N2O2S. The van der Waals surface area contributed by atoms with Gasteiger partial charge in [0.05, 0.1) is 4.90 Å². The molecule has 0 radical (unpaired) electrons. The zero-order chi connectivity index (χ0) is 10.8. The summed E-state index contributed by atoms with van der Waals surface area (Å²) in [6.07, 6.45) is 4.09. The van der Waals surface area contributed by atoms with Gasteiger partial charge in [0.25, 0.3) is 0 Å². The Labute approximate surface area is 83.8 Å². The van der Waals surface area contributed by atoms with Crippen LogP contribution in [0.25, 0.3) is 0 Å². The summed E-state index contributed by atoms with van der Waals surface area (Å²) in [5.41, 5.74) is 0. The average molecular weight is 212 g/mol. The molecule has 5 heteroatoms. The molecular weight excluding hydrogens is 200 g/mol. The Morgan fingerprint density at radius 3 is 2.50 bits per heavy atom. The lowest BCUT2D eigenvalue weighted by molar-refractivity contribution is 0.601. The quantitative estimate of drug-likeness (QED) is 0.752. The third-order valence-corrected chi connectivity index (χ3v) is 2.88. The molecule has 0 fully saturated rings. The van der Waals surface area contributed by atoms with Crippen LogP contribution in [0, 0.1) is 0 Å². The van der Waals surface area contributed by atoms with Crippen molar-refractivity contribution in [3.8, 4) is 0 Å². The molecule has 0 atom stereocenters. The highest BCUT2D eigenvalue weighted by atomic mass is 32.2. The number of hydrogen-bond acceptors (Lipinski definition) is 4. The molecule has 0 aromatic carbocycles. The van der Waals surface area contributed by atoms with Gasteiger partial charge in [0.2, 0.25) is 0 Å². The van der Waals surface area contributed by atoms with E-state index in [-0.39, 0.29) is 4.90 Å². The monoisotopic (exact) mass is 212 g/mol. The van der Waals surface area contributed by atoms with Crippen molar-refractivity contribution in [3.63, 3.8) is 0 Å². The first-order valence-corrected chi connectivity index (χ1v) is 5.86. The van der Waals surface area contributed by atoms with Crippen LogP contribution in [-0.2, 0) is 9.84 Å². The molecule has 4 nitrogen and oxygen atoms in total. The minimum atomic E-state index is -3.16. The molecule has 0 aliphatic carbocycles. The molecule has 0 spiro atoms. The zero-order valence-corrected chi connectivity index (χ0v) is 8.95. The van der Waals surface area contributed by atoms with Gasteiger partial charge in [-0.2, -0.15) is 0 Å². The second-order valence-corrected chi connectivity index (χ2v) is 4.93. The molecule has 0 saturated carbocycles. The summed E-state index contributed by atoms with van der Waals surface area (Å²) in [4.78, 5) is 5.91. The van der Waals surface area contributed by atoms with Crippen LogP contribution in [0.15, 0.2) is 36.0 Å². The van der Waals surface area contributed by atoms with E-state index >= 15 is 0 Å². The van der Waals surface area contributed by atoms with Crippen molar-refractivity contribution < 1.29 is 8.42 Å². The van der Waals surface area contributed by atoms with Crippen molar-refractivity contribution in [2.75, 3.05) is 18.2 Å². The van der Waals surface area contributed by atoms with Gasteiger partial charge in [-0.1, -0.05) is 6.58 Å². The maximum Gasteiger partial charge on any atom is 0.177 e. The fraction of sp³-hybridized carbons (Fsp3) is 0.222. The van der Waals surface area contributed by atoms with E-state index in [1.165, 1.54) is 12.3 Å². The highest BCUT2D eigenvalue weighted by Crippen LogP contribution is 2.12. The van der Waals surface area contributed by atoms with Crippen molar-refractivity contribution >= 4 is 15.7 Å². The fourth-order valence-corrected chi connectivity index (χ4v) is 1.45. The Balaban J connectivity index is 3.07. The van der Waals surface area contributed by atoms with Crippen LogP contribution in [0.5, 0.6) is 0 Å². The molecule has 0 saturated heterocycles. The lowest BCUT2D eigenvalue weighted by atomic mass is 10.4. The second kappa shape index (κ2) is 3.79. The van der Waals surface area contributed by atoms with E-state index in [0.29, 0.717) is 5.82 Å². The Kier molecular flexibility index (Phi) is 2.90. The topological polar surface area (TPSA) is 50.3 Å². The second-order valence-electron chi connectivity index (χ2n) is 2.92. The lowest BCUT2D eigenvalue weighted by Crippen LogP contribution is -2.09. The molecule has 1 rings (SSSR count). The van der Waals surface area contributed by atoms with Crippen molar-refractivity contribution in [1.82, 2.24) is 4.98 Å². The molecule has 76 valence electrons. The minimum absolute atomic E-state index is 0.221. The highest BCUT2D eigenvalue weighted by Gasteiger charge is 2.07. The van der Waals surface area contributed by atoms with Crippen LogP contribution < -0.4 is 4.90 Å². The van der Waals surface area contributed by atoms with Crippen molar-refractivity contribution in [1.29, 1.82) is 0 Å². The van der Waals surface area contributed by atoms with E-state index in [1.54, 1.807) is 24.2 Å². The third kappa shape index (κ3) is 2.32. The van der Waals surface area contributed by atoms with E-state index < -0.39 is 9.84 Å². The molecule has 0 N–H and O–H groups in total. The predicted octanol–water partition coefficient (Wildman–Crippen LogP) is 1.06. The number of aromatic nitrogens is 1. The smallest absolute Gasteiger partial charge is 0.177 e. The first-order chi connectivity index (χ1) is 6.45. The van der Waals surface area contributed by atoms with E-state index in [4.69, 9.17) is 0 Å². The Morgan fingerprint density at radius 2 is 2.14 bits per heavy atom. The van der Waals surface area contributed by atoms with Gasteiger partial charge in [0.1, 0.15) is 5.82 Å². The first-order valence-electron chi connectivity index (χ1n) is 3.96. The normalized spacial score (nSPS) is 11.0. The number of nitrogens with zero attached hydrogens (tertiary/aromatic N) is 2. The highest BCUT2D eigenvalue weighted by molar-refractivity contribution is 7.90. The third-order valence-electron chi connectivity index (χ3n) is 1.78. The Bertz CT molecular complexity index is 423. The van der Waals surface area contributed by atoms with Gasteiger partial charge in [0.15, 0.2) is 9.84 Å². The maximum atomic E-state index is 11.1. The summed E-state index contributed by atoms with van der Waals surface area (Å²) < 4.78 is 22.2. The van der Waals surface area contributed by atoms with Gasteiger partial charge in [-0.3, -0.25) is 0 Å². The van der Waals surface area contributed by atoms with Gasteiger partial charge in [0, 0.05) is 19.5 Å². The van der Waals surface area contributed by atoms with E-state index in [0.717, 1.165) is 6.26 Å². The van der Waals surface area contributed by atoms with Crippen LogP contribution >= 0.6 is 0 Å². The fourth-order valence-electron chi connectivity index (χ4n) is 0.894. The first kappa shape index (κ1) is 10.7. The van der Waals surface area contributed by atoms with Crippen molar-refractivity contribution in [2.45, 2.75) is 4.90 Å². The Morgan fingerprint density at radius 1 is 1.50 bits per heavy atom. The van der Waals surface area contributed by atoms with Crippen molar-refractivity contribution in [2.24, 2.45) is 0 Å². The van der Waals surface area contributed by atoms with Gasteiger partial charge in [-0.25, -0.2) is 13.4 Å². The average Bonchev–Trinajstić information content (AvgIpc) is 2.15. The molecule has 0 unspecified atom stereocenters. The van der Waals surface area contributed by atoms with Crippen LogP contribution in [-0.4, -0.2) is 26.7 Å². The van der Waals surface area contributed by atoms with Gasteiger partial charge >= 0.3 is 0 Å². The number of rotatable bonds is 3. The van der Waals surface area contributed by atoms with Crippen LogP contribution in [0.3, 0.4) is 0 Å². The number of hydrogen-bond donors (Lipinski definition) is 0. The summed E-state index contributed by atoms with van der Waals surface area (Å²) in [6, 6.07) is 3.16. The molecule has 1 aromatic heterocycles. The molecule has 14 heavy (non-hydrogen) atoms. The van der Waals surface area contributed by atoms with E-state index in [2.05, 4.69) is 11.6 Å². The maximum absolute atomic E-state index is 11.1. The minimum Gasteiger partial charge on any atom is -0.337 e. The molecule has 0 amide bonds. The summed E-state index contributed by atoms with van der Waals surface area (Å²) in [7, 11) is -1.37. The predicted molar refractivity (Wildman–Crippen MR) is 55.9 cm³/mol. The molecule has 0 aliphatic rings. The summed E-state index contributed by atoms with van der Waals surface area (Å²) >= 11 is 0. The summed E-state index contributed by atoms with van der Waals surface area (Å²) in [6.45, 7) is 3.58. The number of anilines is 1. The molecule has 0 bridgehead atoms. The summed E-state index contributed by atoms with van der Waals surface area (Å²) in [5.74, 6) is 0.660. The van der Waals surface area contributed by atoms with Crippen molar-refractivity contribution in [3.05, 3.63) is 31.1 Å². The number of sulfone groups is 1. The zero-order valence-electron chi connectivity index (χ0n) is 8.14. The van der Waals surface area contributed by atoms with Gasteiger partial charge in [-0.05, 0) is 18.3 Å². The summed E-state index contributed by atoms with van der Waals surface area (Å²) in [5, 5.41) is 0. The standard InChI is InChI=1S/C9H12N2O2S/c1-4-11(2)9-6-5-8(7-10-9)14(3,12)13/h4-7H,1H2,2-3H3. The van der Waals surface area contributed by atoms with Crippen LogP contribution in [0.2, 0.25) is 0 Å². The van der Waals surface area contributed by atoms with Crippen LogP contribution in [0.4, 0.5) is 5.82 Å². The van der Waals surface area contributed by atoms with Crippen LogP contribution in [0.1, 0.15) is 0 Å². The number of pyridine rings is 1. The SMILES string of the molecule is C=CN(C)c1ccc(S(C)(=O)=O)cn1. The largest absolute Gasteiger partial charge is 0.337 e. The molecule has 0 aliphatic heterocycles. The van der Waals surface area contributed by atoms with E-state index in [1.807, 2.05) is 0 Å². The Hall–Kier alpha value is -1.36. The molecule has 1 aromatic rings. The van der Waals surface area contributed by atoms with Gasteiger partial charge in [-0.15, -0.1) is 0 Å².